The molecule has 0 aliphatic heterocycles. The monoisotopic (exact) mass is 374 g/mol. The highest BCUT2D eigenvalue weighted by atomic mass is 32.2. The van der Waals surface area contributed by atoms with Gasteiger partial charge in [0.05, 0.1) is 11.0 Å². The Bertz CT molecular complexity index is 646. The summed E-state index contributed by atoms with van der Waals surface area (Å²) in [5, 5.41) is 5.85. The molecule has 2 bridgehead atoms. The molecule has 4 nitrogen and oxygen atoms in total. The third-order valence-electron chi connectivity index (χ3n) is 5.97. The van der Waals surface area contributed by atoms with Crippen molar-refractivity contribution in [3.8, 4) is 0 Å². The fraction of sp³-hybridized carbons (Fsp3) is 0.619. The number of aryl methyl sites for hydroxylation is 1. The van der Waals surface area contributed by atoms with Crippen molar-refractivity contribution in [1.29, 1.82) is 0 Å². The zero-order valence-corrected chi connectivity index (χ0v) is 16.8. The highest BCUT2D eigenvalue weighted by molar-refractivity contribution is 8.01. The normalized spacial score (nSPS) is 26.3. The van der Waals surface area contributed by atoms with Crippen LogP contribution in [0.15, 0.2) is 24.3 Å². The van der Waals surface area contributed by atoms with E-state index in [1.807, 2.05) is 38.1 Å². The van der Waals surface area contributed by atoms with Gasteiger partial charge in [-0.05, 0) is 69.9 Å². The zero-order valence-electron chi connectivity index (χ0n) is 16.0. The average molecular weight is 375 g/mol. The number of thioether (sulfide) groups is 1. The van der Waals surface area contributed by atoms with Crippen LogP contribution in [0.3, 0.4) is 0 Å². The predicted molar refractivity (Wildman–Crippen MR) is 108 cm³/mol. The first kappa shape index (κ1) is 19.3. The lowest BCUT2D eigenvalue weighted by Gasteiger charge is -2.29. The first-order valence-electron chi connectivity index (χ1n) is 9.71. The maximum atomic E-state index is 12.5. The van der Waals surface area contributed by atoms with Crippen molar-refractivity contribution in [3.63, 3.8) is 0 Å². The maximum absolute atomic E-state index is 12.5. The van der Waals surface area contributed by atoms with Crippen molar-refractivity contribution in [2.45, 2.75) is 57.7 Å². The molecule has 5 unspecified atom stereocenters. The smallest absolute Gasteiger partial charge is 0.234 e. The molecule has 2 aliphatic carbocycles. The van der Waals surface area contributed by atoms with Crippen LogP contribution in [-0.2, 0) is 9.59 Å². The van der Waals surface area contributed by atoms with Crippen molar-refractivity contribution >= 4 is 29.3 Å². The van der Waals surface area contributed by atoms with Crippen LogP contribution < -0.4 is 10.6 Å². The van der Waals surface area contributed by atoms with E-state index in [0.29, 0.717) is 5.92 Å². The van der Waals surface area contributed by atoms with Crippen LogP contribution in [0.4, 0.5) is 5.69 Å². The molecule has 2 amide bonds. The summed E-state index contributed by atoms with van der Waals surface area (Å²) in [6.45, 7) is 6.04. The summed E-state index contributed by atoms with van der Waals surface area (Å²) in [5.41, 5.74) is 1.95. The minimum atomic E-state index is -0.222. The van der Waals surface area contributed by atoms with Crippen LogP contribution in [0.2, 0.25) is 0 Å². The minimum Gasteiger partial charge on any atom is -0.352 e. The van der Waals surface area contributed by atoms with Gasteiger partial charge in [-0.3, -0.25) is 9.59 Å². The van der Waals surface area contributed by atoms with Crippen molar-refractivity contribution in [2.24, 2.45) is 17.8 Å². The average Bonchev–Trinajstić information content (AvgIpc) is 3.25. The van der Waals surface area contributed by atoms with Crippen molar-refractivity contribution in [1.82, 2.24) is 5.32 Å². The van der Waals surface area contributed by atoms with Gasteiger partial charge in [-0.25, -0.2) is 0 Å². The van der Waals surface area contributed by atoms with E-state index in [0.717, 1.165) is 23.1 Å². The molecule has 2 fully saturated rings. The summed E-state index contributed by atoms with van der Waals surface area (Å²) >= 11 is 1.39. The Morgan fingerprint density at radius 3 is 2.50 bits per heavy atom. The molecule has 0 saturated heterocycles. The Balaban J connectivity index is 1.39. The summed E-state index contributed by atoms with van der Waals surface area (Å²) in [5.74, 6) is 2.60. The third-order valence-corrected chi connectivity index (χ3v) is 7.12. The standard InChI is InChI=1S/C21H30N2O2S/c1-13-4-8-18(9-5-13)23-20(24)12-26-15(3)21(25)22-14(2)19-11-16-6-7-17(19)10-16/h4-5,8-9,14-17,19H,6-7,10-12H2,1-3H3,(H,22,25)(H,23,24). The lowest BCUT2D eigenvalue weighted by molar-refractivity contribution is -0.121. The molecular weight excluding hydrogens is 344 g/mol. The Hall–Kier alpha value is -1.49. The molecule has 5 heteroatoms. The predicted octanol–water partition coefficient (Wildman–Crippen LogP) is 4.00. The van der Waals surface area contributed by atoms with Gasteiger partial charge >= 0.3 is 0 Å². The molecule has 2 aliphatic rings. The van der Waals surface area contributed by atoms with E-state index in [9.17, 15) is 9.59 Å². The van der Waals surface area contributed by atoms with Gasteiger partial charge in [-0.15, -0.1) is 11.8 Å². The van der Waals surface area contributed by atoms with Gasteiger partial charge in [0.1, 0.15) is 0 Å². The molecule has 0 aromatic heterocycles. The molecule has 5 atom stereocenters. The molecule has 2 N–H and O–H groups in total. The second-order valence-corrected chi connectivity index (χ2v) is 9.33. The molecule has 0 heterocycles. The highest BCUT2D eigenvalue weighted by Gasteiger charge is 2.42. The zero-order chi connectivity index (χ0) is 18.7. The van der Waals surface area contributed by atoms with Crippen molar-refractivity contribution in [2.75, 3.05) is 11.1 Å². The fourth-order valence-corrected chi connectivity index (χ4v) is 5.16. The maximum Gasteiger partial charge on any atom is 0.234 e. The van der Waals surface area contributed by atoms with Gasteiger partial charge in [-0.2, -0.15) is 0 Å². The van der Waals surface area contributed by atoms with Crippen LogP contribution >= 0.6 is 11.8 Å². The van der Waals surface area contributed by atoms with Gasteiger partial charge in [0.15, 0.2) is 0 Å². The van der Waals surface area contributed by atoms with E-state index in [1.54, 1.807) is 0 Å². The molecular formula is C21H30N2O2S. The van der Waals surface area contributed by atoms with Gasteiger partial charge in [0.25, 0.3) is 0 Å². The Kier molecular flexibility index (Phi) is 6.28. The van der Waals surface area contributed by atoms with E-state index in [4.69, 9.17) is 0 Å². The number of amides is 2. The molecule has 0 spiro atoms. The lowest BCUT2D eigenvalue weighted by atomic mass is 9.84. The summed E-state index contributed by atoms with van der Waals surface area (Å²) in [6, 6.07) is 7.96. The molecule has 0 radical (unpaired) electrons. The molecule has 1 aromatic carbocycles. The summed E-state index contributed by atoms with van der Waals surface area (Å²) < 4.78 is 0. The van der Waals surface area contributed by atoms with Gasteiger partial charge in [0, 0.05) is 11.7 Å². The summed E-state index contributed by atoms with van der Waals surface area (Å²) in [6.07, 6.45) is 5.34. The number of benzene rings is 1. The largest absolute Gasteiger partial charge is 0.352 e. The number of anilines is 1. The molecule has 26 heavy (non-hydrogen) atoms. The third kappa shape index (κ3) is 4.81. The molecule has 2 saturated carbocycles. The van der Waals surface area contributed by atoms with Gasteiger partial charge in [0.2, 0.25) is 11.8 Å². The molecule has 1 aromatic rings. The Morgan fingerprint density at radius 2 is 1.88 bits per heavy atom. The van der Waals surface area contributed by atoms with E-state index in [-0.39, 0.29) is 28.9 Å². The Morgan fingerprint density at radius 1 is 1.15 bits per heavy atom. The lowest BCUT2D eigenvalue weighted by Crippen LogP contribution is -2.43. The quantitative estimate of drug-likeness (QED) is 0.758. The second-order valence-electron chi connectivity index (χ2n) is 8.00. The van der Waals surface area contributed by atoms with Crippen LogP contribution in [0.1, 0.15) is 45.1 Å². The van der Waals surface area contributed by atoms with Crippen LogP contribution in [-0.4, -0.2) is 28.9 Å². The van der Waals surface area contributed by atoms with E-state index in [2.05, 4.69) is 17.6 Å². The van der Waals surface area contributed by atoms with E-state index < -0.39 is 0 Å². The minimum absolute atomic E-state index is 0.0495. The van der Waals surface area contributed by atoms with Crippen LogP contribution in [0.5, 0.6) is 0 Å². The van der Waals surface area contributed by atoms with E-state index in [1.165, 1.54) is 37.4 Å². The topological polar surface area (TPSA) is 58.2 Å². The number of rotatable bonds is 7. The first-order valence-corrected chi connectivity index (χ1v) is 10.8. The van der Waals surface area contributed by atoms with Crippen LogP contribution in [0.25, 0.3) is 0 Å². The highest BCUT2D eigenvalue weighted by Crippen LogP contribution is 2.49. The number of carbonyl (C=O) groups is 2. The van der Waals surface area contributed by atoms with Crippen molar-refractivity contribution in [3.05, 3.63) is 29.8 Å². The van der Waals surface area contributed by atoms with Crippen molar-refractivity contribution < 1.29 is 9.59 Å². The fourth-order valence-electron chi connectivity index (χ4n) is 4.47. The van der Waals surface area contributed by atoms with Gasteiger partial charge in [-0.1, -0.05) is 24.1 Å². The van der Waals surface area contributed by atoms with Gasteiger partial charge < -0.3 is 10.6 Å². The SMILES string of the molecule is Cc1ccc(NC(=O)CSC(C)C(=O)NC(C)C2CC3CCC2C3)cc1. The first-order chi connectivity index (χ1) is 12.4. The van der Waals surface area contributed by atoms with Crippen LogP contribution in [0, 0.1) is 24.7 Å². The number of fused-ring (bicyclic) bond motifs is 2. The molecule has 3 rings (SSSR count). The summed E-state index contributed by atoms with van der Waals surface area (Å²) in [7, 11) is 0. The number of hydrogen-bond donors (Lipinski definition) is 2. The number of carbonyl (C=O) groups excluding carboxylic acids is 2. The van der Waals surface area contributed by atoms with E-state index >= 15 is 0 Å². The summed E-state index contributed by atoms with van der Waals surface area (Å²) in [4.78, 5) is 24.5. The second kappa shape index (κ2) is 8.47. The Labute approximate surface area is 160 Å². The number of nitrogens with one attached hydrogen (secondary N) is 2. The number of hydrogen-bond acceptors (Lipinski definition) is 3. The molecule has 142 valence electrons.